The first-order valence-electron chi connectivity index (χ1n) is 12.2. The van der Waals surface area contributed by atoms with E-state index in [0.29, 0.717) is 45.6 Å². The molecule has 2 aromatic heterocycles. The van der Waals surface area contributed by atoms with E-state index < -0.39 is 5.92 Å². The highest BCUT2D eigenvalue weighted by molar-refractivity contribution is 5.85. The molecule has 0 spiro atoms. The molecule has 4 aromatic carbocycles. The van der Waals surface area contributed by atoms with E-state index in [4.69, 9.17) is 15.0 Å². The highest BCUT2D eigenvalue weighted by Crippen LogP contribution is 2.52. The van der Waals surface area contributed by atoms with E-state index in [9.17, 15) is 0 Å². The maximum absolute atomic E-state index is 15.5. The zero-order valence-corrected chi connectivity index (χ0v) is 20.3. The minimum atomic E-state index is -3.13. The molecule has 0 radical (unpaired) electrons. The van der Waals surface area contributed by atoms with Crippen LogP contribution in [0.2, 0.25) is 0 Å². The minimum Gasteiger partial charge on any atom is -0.225 e. The van der Waals surface area contributed by atoms with Gasteiger partial charge in [-0.3, -0.25) is 0 Å². The molecule has 0 saturated carbocycles. The molecule has 0 atom stereocenters. The molecule has 186 valence electrons. The second-order valence-electron chi connectivity index (χ2n) is 9.10. The number of rotatable bonds is 4. The Labute approximate surface area is 222 Å². The van der Waals surface area contributed by atoms with Crippen LogP contribution in [0, 0.1) is 0 Å². The monoisotopic (exact) mass is 512 g/mol. The van der Waals surface area contributed by atoms with Gasteiger partial charge in [0.25, 0.3) is 5.92 Å². The SMILES string of the molecule is FC1(F)c2ccc(-c3ncncn3)cc2-c2cc(-c3nc(-c4ccccc4)nc(-c4ccccc4)n3)ccc21. The molecule has 0 amide bonds. The standard InChI is InChI=1S/C31H18F2N6/c32-31(33)25-13-11-21(27-35-17-34-18-36-27)15-23(25)24-16-22(12-14-26(24)31)30-38-28(19-7-3-1-4-8-19)37-29(39-30)20-9-5-2-6-10-20/h1-18H. The molecule has 1 aliphatic carbocycles. The molecule has 8 heteroatoms. The molecule has 0 bridgehead atoms. The molecular weight excluding hydrogens is 494 g/mol. The summed E-state index contributed by atoms with van der Waals surface area (Å²) in [5.41, 5.74) is 3.63. The fraction of sp³-hybridized carbons (Fsp3) is 0.0323. The lowest BCUT2D eigenvalue weighted by Crippen LogP contribution is -2.10. The predicted octanol–water partition coefficient (Wildman–Crippen LogP) is 6.85. The summed E-state index contributed by atoms with van der Waals surface area (Å²) >= 11 is 0. The van der Waals surface area contributed by atoms with Crippen LogP contribution < -0.4 is 0 Å². The van der Waals surface area contributed by atoms with Crippen molar-refractivity contribution in [1.29, 1.82) is 0 Å². The first-order valence-corrected chi connectivity index (χ1v) is 12.2. The largest absolute Gasteiger partial charge is 0.299 e. The van der Waals surface area contributed by atoms with Crippen LogP contribution in [0.5, 0.6) is 0 Å². The Morgan fingerprint density at radius 2 is 0.897 bits per heavy atom. The third kappa shape index (κ3) is 3.93. The van der Waals surface area contributed by atoms with E-state index in [0.717, 1.165) is 11.1 Å². The van der Waals surface area contributed by atoms with Crippen LogP contribution in [-0.4, -0.2) is 29.9 Å². The Balaban J connectivity index is 1.40. The summed E-state index contributed by atoms with van der Waals surface area (Å²) in [7, 11) is 0. The molecular formula is C31H18F2N6. The molecule has 6 aromatic rings. The van der Waals surface area contributed by atoms with Crippen molar-refractivity contribution in [3.8, 4) is 56.7 Å². The average Bonchev–Trinajstić information content (AvgIpc) is 3.23. The van der Waals surface area contributed by atoms with Crippen molar-refractivity contribution >= 4 is 0 Å². The summed E-state index contributed by atoms with van der Waals surface area (Å²) in [4.78, 5) is 26.4. The number of hydrogen-bond donors (Lipinski definition) is 0. The molecule has 1 aliphatic rings. The zero-order chi connectivity index (χ0) is 26.4. The average molecular weight is 513 g/mol. The van der Waals surface area contributed by atoms with Crippen LogP contribution in [0.25, 0.3) is 56.7 Å². The summed E-state index contributed by atoms with van der Waals surface area (Å²) in [6.07, 6.45) is 2.76. The summed E-state index contributed by atoms with van der Waals surface area (Å²) in [5.74, 6) is -1.32. The van der Waals surface area contributed by atoms with Gasteiger partial charge in [0.05, 0.1) is 0 Å². The van der Waals surface area contributed by atoms with E-state index in [-0.39, 0.29) is 11.1 Å². The first-order chi connectivity index (χ1) is 19.1. The van der Waals surface area contributed by atoms with Crippen LogP contribution >= 0.6 is 0 Å². The van der Waals surface area contributed by atoms with E-state index in [1.165, 1.54) is 24.8 Å². The lowest BCUT2D eigenvalue weighted by Gasteiger charge is -2.13. The highest BCUT2D eigenvalue weighted by Gasteiger charge is 2.44. The van der Waals surface area contributed by atoms with Crippen molar-refractivity contribution in [1.82, 2.24) is 29.9 Å². The Morgan fingerprint density at radius 3 is 1.38 bits per heavy atom. The zero-order valence-electron chi connectivity index (χ0n) is 20.3. The van der Waals surface area contributed by atoms with Gasteiger partial charge in [-0.05, 0) is 23.3 Å². The van der Waals surface area contributed by atoms with E-state index in [2.05, 4.69) is 15.0 Å². The Kier molecular flexibility index (Phi) is 5.26. The first kappa shape index (κ1) is 22.9. The van der Waals surface area contributed by atoms with Crippen molar-refractivity contribution in [2.75, 3.05) is 0 Å². The maximum atomic E-state index is 15.5. The lowest BCUT2D eigenvalue weighted by molar-refractivity contribution is 0.0480. The van der Waals surface area contributed by atoms with E-state index >= 15 is 8.78 Å². The quantitative estimate of drug-likeness (QED) is 0.257. The van der Waals surface area contributed by atoms with Crippen LogP contribution in [0.1, 0.15) is 11.1 Å². The van der Waals surface area contributed by atoms with Crippen LogP contribution in [0.3, 0.4) is 0 Å². The fourth-order valence-electron chi connectivity index (χ4n) is 4.83. The van der Waals surface area contributed by atoms with Crippen molar-refractivity contribution in [2.24, 2.45) is 0 Å². The second kappa shape index (κ2) is 8.95. The molecule has 0 unspecified atom stereocenters. The van der Waals surface area contributed by atoms with Gasteiger partial charge in [-0.15, -0.1) is 0 Å². The van der Waals surface area contributed by atoms with Crippen LogP contribution in [0.15, 0.2) is 110 Å². The fourth-order valence-corrected chi connectivity index (χ4v) is 4.83. The Hall–Kier alpha value is -5.24. The third-order valence-electron chi connectivity index (χ3n) is 6.72. The summed E-state index contributed by atoms with van der Waals surface area (Å²) in [6.45, 7) is 0. The third-order valence-corrected chi connectivity index (χ3v) is 6.72. The van der Waals surface area contributed by atoms with Gasteiger partial charge in [0.2, 0.25) is 0 Å². The van der Waals surface area contributed by atoms with Gasteiger partial charge in [-0.2, -0.15) is 8.78 Å². The minimum absolute atomic E-state index is 0.0574. The second-order valence-corrected chi connectivity index (χ2v) is 9.10. The van der Waals surface area contributed by atoms with Gasteiger partial charge in [0.15, 0.2) is 23.3 Å². The predicted molar refractivity (Wildman–Crippen MR) is 143 cm³/mol. The van der Waals surface area contributed by atoms with Gasteiger partial charge in [0, 0.05) is 33.4 Å². The lowest BCUT2D eigenvalue weighted by atomic mass is 10.0. The number of fused-ring (bicyclic) bond motifs is 3. The number of alkyl halides is 2. The molecule has 39 heavy (non-hydrogen) atoms. The molecule has 0 saturated heterocycles. The summed E-state index contributed by atoms with van der Waals surface area (Å²) in [5, 5.41) is 0. The van der Waals surface area contributed by atoms with E-state index in [1.54, 1.807) is 24.3 Å². The number of benzene rings is 4. The van der Waals surface area contributed by atoms with Crippen molar-refractivity contribution in [2.45, 2.75) is 5.92 Å². The molecule has 7 rings (SSSR count). The molecule has 6 nitrogen and oxygen atoms in total. The molecule has 0 N–H and O–H groups in total. The smallest absolute Gasteiger partial charge is 0.225 e. The van der Waals surface area contributed by atoms with Gasteiger partial charge >= 0.3 is 0 Å². The Morgan fingerprint density at radius 1 is 0.462 bits per heavy atom. The van der Waals surface area contributed by atoms with Gasteiger partial charge in [-0.25, -0.2) is 29.9 Å². The highest BCUT2D eigenvalue weighted by atomic mass is 19.3. The number of aromatic nitrogens is 6. The summed E-state index contributed by atoms with van der Waals surface area (Å²) < 4.78 is 31.0. The van der Waals surface area contributed by atoms with Crippen molar-refractivity contribution < 1.29 is 8.78 Å². The number of halogens is 2. The normalized spacial score (nSPS) is 13.1. The van der Waals surface area contributed by atoms with Crippen molar-refractivity contribution in [3.05, 3.63) is 121 Å². The Bertz CT molecular complexity index is 1770. The summed E-state index contributed by atoms with van der Waals surface area (Å²) in [6, 6.07) is 28.8. The van der Waals surface area contributed by atoms with Gasteiger partial charge < -0.3 is 0 Å². The molecule has 2 heterocycles. The maximum Gasteiger partial charge on any atom is 0.299 e. The van der Waals surface area contributed by atoms with Crippen LogP contribution in [0.4, 0.5) is 8.78 Å². The van der Waals surface area contributed by atoms with Gasteiger partial charge in [-0.1, -0.05) is 84.9 Å². The van der Waals surface area contributed by atoms with Gasteiger partial charge in [0.1, 0.15) is 12.7 Å². The number of nitrogens with zero attached hydrogens (tertiary/aromatic N) is 6. The number of hydrogen-bond acceptors (Lipinski definition) is 6. The molecule has 0 aliphatic heterocycles. The topological polar surface area (TPSA) is 77.3 Å². The van der Waals surface area contributed by atoms with Crippen LogP contribution in [-0.2, 0) is 5.92 Å². The van der Waals surface area contributed by atoms with Crippen molar-refractivity contribution in [3.63, 3.8) is 0 Å². The molecule has 0 fully saturated rings. The van der Waals surface area contributed by atoms with E-state index in [1.807, 2.05) is 60.7 Å².